The lowest BCUT2D eigenvalue weighted by Crippen LogP contribution is -2.09. The molecular weight excluding hydrogens is 213 g/mol. The van der Waals surface area contributed by atoms with Gasteiger partial charge in [-0.15, -0.1) is 0 Å². The van der Waals surface area contributed by atoms with Gasteiger partial charge in [0.15, 0.2) is 0 Å². The maximum absolute atomic E-state index is 13.1. The Labute approximate surface area is 94.6 Å². The summed E-state index contributed by atoms with van der Waals surface area (Å²) in [6, 6.07) is 5.09. The molecule has 0 saturated carbocycles. The molecule has 1 heterocycles. The maximum atomic E-state index is 13.1. The molecule has 1 unspecified atom stereocenters. The van der Waals surface area contributed by atoms with Crippen molar-refractivity contribution in [2.24, 2.45) is 5.92 Å². The molecule has 1 atom stereocenters. The number of benzene rings is 1. The largest absolute Gasteiger partial charge is 0.316 e. The first-order chi connectivity index (χ1) is 7.25. The topological polar surface area (TPSA) is 12.0 Å². The maximum Gasteiger partial charge on any atom is 0.142 e. The van der Waals surface area contributed by atoms with Crippen LogP contribution < -0.4 is 5.32 Å². The molecule has 1 N–H and O–H groups in total. The van der Waals surface area contributed by atoms with Crippen molar-refractivity contribution in [3.63, 3.8) is 0 Å². The predicted molar refractivity (Wildman–Crippen MR) is 60.7 cm³/mol. The van der Waals surface area contributed by atoms with Gasteiger partial charge in [0, 0.05) is 0 Å². The molecule has 1 fully saturated rings. The van der Waals surface area contributed by atoms with Crippen molar-refractivity contribution in [3.05, 3.63) is 34.6 Å². The molecule has 1 saturated heterocycles. The van der Waals surface area contributed by atoms with E-state index in [9.17, 15) is 4.39 Å². The van der Waals surface area contributed by atoms with E-state index in [0.29, 0.717) is 0 Å². The molecule has 0 amide bonds. The number of hydrogen-bond acceptors (Lipinski definition) is 1. The van der Waals surface area contributed by atoms with Crippen LogP contribution in [0.25, 0.3) is 0 Å². The summed E-state index contributed by atoms with van der Waals surface area (Å²) in [4.78, 5) is 0. The van der Waals surface area contributed by atoms with E-state index < -0.39 is 0 Å². The first-order valence-corrected chi connectivity index (χ1v) is 5.78. The first-order valence-electron chi connectivity index (χ1n) is 5.40. The Morgan fingerprint density at radius 1 is 1.47 bits per heavy atom. The van der Waals surface area contributed by atoms with E-state index in [-0.39, 0.29) is 10.8 Å². The van der Waals surface area contributed by atoms with E-state index in [4.69, 9.17) is 11.6 Å². The Kier molecular flexibility index (Phi) is 3.60. The second-order valence-corrected chi connectivity index (χ2v) is 4.55. The van der Waals surface area contributed by atoms with Crippen LogP contribution in [0.5, 0.6) is 0 Å². The van der Waals surface area contributed by atoms with E-state index in [1.54, 1.807) is 12.1 Å². The molecule has 0 spiro atoms. The van der Waals surface area contributed by atoms with Crippen LogP contribution in [-0.4, -0.2) is 13.1 Å². The summed E-state index contributed by atoms with van der Waals surface area (Å²) >= 11 is 5.62. The average molecular weight is 228 g/mol. The third kappa shape index (κ3) is 2.93. The second-order valence-electron chi connectivity index (χ2n) is 4.15. The third-order valence-electron chi connectivity index (χ3n) is 2.99. The van der Waals surface area contributed by atoms with Crippen molar-refractivity contribution in [2.45, 2.75) is 19.3 Å². The van der Waals surface area contributed by atoms with Crippen molar-refractivity contribution in [2.75, 3.05) is 13.1 Å². The molecule has 2 rings (SSSR count). The van der Waals surface area contributed by atoms with Crippen molar-refractivity contribution in [3.8, 4) is 0 Å². The SMILES string of the molecule is Fc1cc(CCC2CCNC2)ccc1Cl. The number of halogens is 2. The minimum atomic E-state index is -0.307. The summed E-state index contributed by atoms with van der Waals surface area (Å²) in [7, 11) is 0. The lowest BCUT2D eigenvalue weighted by Gasteiger charge is -2.08. The van der Waals surface area contributed by atoms with Crippen LogP contribution in [0.1, 0.15) is 18.4 Å². The Morgan fingerprint density at radius 3 is 3.00 bits per heavy atom. The summed E-state index contributed by atoms with van der Waals surface area (Å²) in [6.45, 7) is 2.23. The van der Waals surface area contributed by atoms with Gasteiger partial charge in [0.2, 0.25) is 0 Å². The molecule has 0 bridgehead atoms. The van der Waals surface area contributed by atoms with E-state index in [1.807, 2.05) is 6.07 Å². The van der Waals surface area contributed by atoms with Crippen LogP contribution in [0.15, 0.2) is 18.2 Å². The van der Waals surface area contributed by atoms with Gasteiger partial charge in [-0.05, 0) is 56.0 Å². The average Bonchev–Trinajstić information content (AvgIpc) is 2.73. The summed E-state index contributed by atoms with van der Waals surface area (Å²) in [5.74, 6) is 0.447. The van der Waals surface area contributed by atoms with E-state index in [1.165, 1.54) is 6.42 Å². The van der Waals surface area contributed by atoms with Crippen molar-refractivity contribution in [1.82, 2.24) is 5.32 Å². The van der Waals surface area contributed by atoms with E-state index in [0.717, 1.165) is 37.4 Å². The van der Waals surface area contributed by atoms with Gasteiger partial charge < -0.3 is 5.32 Å². The molecule has 1 aromatic rings. The lowest BCUT2D eigenvalue weighted by molar-refractivity contribution is 0.531. The summed E-state index contributed by atoms with van der Waals surface area (Å²) < 4.78 is 13.1. The normalized spacial score (nSPS) is 20.8. The first kappa shape index (κ1) is 10.9. The van der Waals surface area contributed by atoms with Gasteiger partial charge >= 0.3 is 0 Å². The van der Waals surface area contributed by atoms with Crippen LogP contribution in [0.2, 0.25) is 5.02 Å². The molecule has 0 radical (unpaired) electrons. The van der Waals surface area contributed by atoms with Gasteiger partial charge in [-0.2, -0.15) is 0 Å². The minimum absolute atomic E-state index is 0.210. The molecule has 0 aliphatic carbocycles. The van der Waals surface area contributed by atoms with Gasteiger partial charge in [0.1, 0.15) is 5.82 Å². The van der Waals surface area contributed by atoms with Gasteiger partial charge in [0.25, 0.3) is 0 Å². The van der Waals surface area contributed by atoms with Gasteiger partial charge in [-0.25, -0.2) is 4.39 Å². The Bertz CT molecular complexity index is 334. The summed E-state index contributed by atoms with van der Waals surface area (Å²) in [5.41, 5.74) is 1.05. The molecule has 3 heteroatoms. The van der Waals surface area contributed by atoms with Crippen LogP contribution in [0.3, 0.4) is 0 Å². The van der Waals surface area contributed by atoms with Gasteiger partial charge in [-0.3, -0.25) is 0 Å². The highest BCUT2D eigenvalue weighted by Crippen LogP contribution is 2.19. The van der Waals surface area contributed by atoms with Gasteiger partial charge in [0.05, 0.1) is 5.02 Å². The molecule has 1 aliphatic rings. The van der Waals surface area contributed by atoms with E-state index in [2.05, 4.69) is 5.32 Å². The fraction of sp³-hybridized carbons (Fsp3) is 0.500. The monoisotopic (exact) mass is 227 g/mol. The second kappa shape index (κ2) is 4.95. The highest BCUT2D eigenvalue weighted by molar-refractivity contribution is 6.30. The van der Waals surface area contributed by atoms with Crippen molar-refractivity contribution < 1.29 is 4.39 Å². The summed E-state index contributed by atoms with van der Waals surface area (Å²) in [6.07, 6.45) is 3.32. The van der Waals surface area contributed by atoms with Crippen LogP contribution >= 0.6 is 11.6 Å². The third-order valence-corrected chi connectivity index (χ3v) is 3.29. The fourth-order valence-electron chi connectivity index (χ4n) is 2.03. The van der Waals surface area contributed by atoms with Crippen LogP contribution in [0.4, 0.5) is 4.39 Å². The number of rotatable bonds is 3. The highest BCUT2D eigenvalue weighted by Gasteiger charge is 2.14. The van der Waals surface area contributed by atoms with Crippen LogP contribution in [-0.2, 0) is 6.42 Å². The van der Waals surface area contributed by atoms with Crippen molar-refractivity contribution >= 4 is 11.6 Å². The number of nitrogens with one attached hydrogen (secondary N) is 1. The Balaban J connectivity index is 1.90. The smallest absolute Gasteiger partial charge is 0.142 e. The highest BCUT2D eigenvalue weighted by atomic mass is 35.5. The molecular formula is C12H15ClFN. The molecule has 15 heavy (non-hydrogen) atoms. The standard InChI is InChI=1S/C12H15ClFN/c13-11-4-3-9(7-12(11)14)1-2-10-5-6-15-8-10/h3-4,7,10,15H,1-2,5-6,8H2. The van der Waals surface area contributed by atoms with Crippen molar-refractivity contribution in [1.29, 1.82) is 0 Å². The zero-order valence-electron chi connectivity index (χ0n) is 8.60. The predicted octanol–water partition coefficient (Wildman–Crippen LogP) is 3.02. The Hall–Kier alpha value is -0.600. The van der Waals surface area contributed by atoms with Crippen LogP contribution in [0, 0.1) is 11.7 Å². The minimum Gasteiger partial charge on any atom is -0.316 e. The Morgan fingerprint density at radius 2 is 2.33 bits per heavy atom. The molecule has 0 aromatic heterocycles. The quantitative estimate of drug-likeness (QED) is 0.837. The number of hydrogen-bond donors (Lipinski definition) is 1. The molecule has 1 nitrogen and oxygen atoms in total. The van der Waals surface area contributed by atoms with Gasteiger partial charge in [-0.1, -0.05) is 17.7 Å². The number of aryl methyl sites for hydroxylation is 1. The lowest BCUT2D eigenvalue weighted by atomic mass is 9.99. The molecule has 1 aliphatic heterocycles. The summed E-state index contributed by atoms with van der Waals surface area (Å²) in [5, 5.41) is 3.54. The fourth-order valence-corrected chi connectivity index (χ4v) is 2.14. The molecule has 1 aromatic carbocycles. The van der Waals surface area contributed by atoms with E-state index >= 15 is 0 Å². The zero-order chi connectivity index (χ0) is 10.7. The molecule has 82 valence electrons. The zero-order valence-corrected chi connectivity index (χ0v) is 9.36.